The van der Waals surface area contributed by atoms with Crippen molar-refractivity contribution in [3.05, 3.63) is 0 Å². The summed E-state index contributed by atoms with van der Waals surface area (Å²) in [6, 6.07) is 0. The lowest BCUT2D eigenvalue weighted by molar-refractivity contribution is -0.144. The molecule has 90 valence electrons. The molecule has 0 aliphatic heterocycles. The van der Waals surface area contributed by atoms with Crippen LogP contribution < -0.4 is 0 Å². The zero-order valence-corrected chi connectivity index (χ0v) is 13.2. The van der Waals surface area contributed by atoms with E-state index in [-0.39, 0.29) is 5.97 Å². The molecule has 3 nitrogen and oxygen atoms in total. The maximum atomic E-state index is 11.7. The molecule has 0 amide bonds. The summed E-state index contributed by atoms with van der Waals surface area (Å²) in [5.74, 6) is -0.169. The summed E-state index contributed by atoms with van der Waals surface area (Å²) >= 11 is 0. The molecule has 0 radical (unpaired) electrons. The quantitative estimate of drug-likeness (QED) is 0.720. The van der Waals surface area contributed by atoms with Gasteiger partial charge in [0.05, 0.1) is 5.41 Å². The van der Waals surface area contributed by atoms with Crippen molar-refractivity contribution >= 4 is 22.8 Å². The van der Waals surface area contributed by atoms with Crippen molar-refractivity contribution in [1.82, 2.24) is 0 Å². The molecule has 0 rings (SSSR count). The zero-order valence-electron chi connectivity index (χ0n) is 11.2. The smallest absolute Gasteiger partial charge is 0.385 e. The van der Waals surface area contributed by atoms with Gasteiger partial charge in [0.2, 0.25) is 0 Å². The average Bonchev–Trinajstić information content (AvgIpc) is 1.76. The summed E-state index contributed by atoms with van der Waals surface area (Å²) in [6.07, 6.45) is 0. The third-order valence-corrected chi connectivity index (χ3v) is 6.60. The highest BCUT2D eigenvalue weighted by Gasteiger charge is 2.37. The van der Waals surface area contributed by atoms with E-state index in [2.05, 4.69) is 19.6 Å². The van der Waals surface area contributed by atoms with Gasteiger partial charge in [-0.2, -0.15) is 0 Å². The summed E-state index contributed by atoms with van der Waals surface area (Å²) < 4.78 is 11.4. The molecule has 0 atom stereocenters. The van der Waals surface area contributed by atoms with E-state index in [0.29, 0.717) is 0 Å². The van der Waals surface area contributed by atoms with Gasteiger partial charge in [-0.3, -0.25) is 4.79 Å². The maximum absolute atomic E-state index is 11.7. The Bertz CT molecular complexity index is 236. The fourth-order valence-corrected chi connectivity index (χ4v) is 7.95. The van der Waals surface area contributed by atoms with Gasteiger partial charge in [0, 0.05) is 0 Å². The van der Waals surface area contributed by atoms with Crippen molar-refractivity contribution in [3.8, 4) is 0 Å². The third kappa shape index (κ3) is 6.86. The Balaban J connectivity index is 4.46. The molecule has 0 bridgehead atoms. The molecule has 0 spiro atoms. The van der Waals surface area contributed by atoms with Crippen LogP contribution >= 0.6 is 0 Å². The summed E-state index contributed by atoms with van der Waals surface area (Å²) in [7, 11) is -3.93. The molecule has 0 saturated carbocycles. The highest BCUT2D eigenvalue weighted by Crippen LogP contribution is 2.21. The lowest BCUT2D eigenvalue weighted by atomic mass is 9.98. The highest BCUT2D eigenvalue weighted by atomic mass is 28.4. The molecule has 0 aliphatic carbocycles. The number of hydrogen-bond acceptors (Lipinski definition) is 3. The lowest BCUT2D eigenvalue weighted by Gasteiger charge is -2.32. The van der Waals surface area contributed by atoms with Crippen molar-refractivity contribution in [1.29, 1.82) is 0 Å². The monoisotopic (exact) mass is 248 g/mol. The minimum absolute atomic E-state index is 0.169. The van der Waals surface area contributed by atoms with Crippen molar-refractivity contribution in [2.75, 3.05) is 0 Å². The molecule has 0 aromatic heterocycles. The molecular weight excluding hydrogens is 224 g/mol. The number of rotatable bonds is 3. The molecule has 0 aromatic carbocycles. The van der Waals surface area contributed by atoms with E-state index in [4.69, 9.17) is 8.54 Å². The van der Waals surface area contributed by atoms with E-state index < -0.39 is 22.3 Å². The van der Waals surface area contributed by atoms with Crippen LogP contribution in [0.25, 0.3) is 0 Å². The topological polar surface area (TPSA) is 35.5 Å². The predicted molar refractivity (Wildman–Crippen MR) is 67.5 cm³/mol. The van der Waals surface area contributed by atoms with Gasteiger partial charge >= 0.3 is 8.56 Å². The van der Waals surface area contributed by atoms with E-state index in [9.17, 15) is 4.79 Å². The molecule has 5 heteroatoms. The third-order valence-electron chi connectivity index (χ3n) is 1.50. The highest BCUT2D eigenvalue weighted by molar-refractivity contribution is 6.81. The van der Waals surface area contributed by atoms with Crippen LogP contribution in [0.4, 0.5) is 0 Å². The molecule has 0 saturated heterocycles. The Hall–Kier alpha value is -0.136. The number of carbonyl (C=O) groups is 1. The van der Waals surface area contributed by atoms with E-state index in [1.165, 1.54) is 0 Å². The second-order valence-corrected chi connectivity index (χ2v) is 14.3. The fourth-order valence-electron chi connectivity index (χ4n) is 1.13. The first-order valence-electron chi connectivity index (χ1n) is 5.27. The fraction of sp³-hybridized carbons (Fsp3) is 0.900. The number of carbonyl (C=O) groups excluding carboxylic acids is 1. The van der Waals surface area contributed by atoms with Crippen LogP contribution in [0.15, 0.2) is 0 Å². The molecule has 0 aliphatic rings. The van der Waals surface area contributed by atoms with Crippen LogP contribution in [-0.2, 0) is 13.3 Å². The van der Waals surface area contributed by atoms with Crippen LogP contribution in [-0.4, -0.2) is 22.8 Å². The molecule has 0 heterocycles. The van der Waals surface area contributed by atoms with Crippen molar-refractivity contribution < 1.29 is 13.3 Å². The van der Waals surface area contributed by atoms with Gasteiger partial charge in [-0.1, -0.05) is 0 Å². The van der Waals surface area contributed by atoms with Gasteiger partial charge in [-0.15, -0.1) is 0 Å². The van der Waals surface area contributed by atoms with Crippen molar-refractivity contribution in [2.24, 2.45) is 5.41 Å². The standard InChI is InChI=1S/C10H24O3Si2/c1-10(2,3)9(11)12-15(7,8)13-14(4,5)6/h1-8H3. The van der Waals surface area contributed by atoms with E-state index >= 15 is 0 Å². The van der Waals surface area contributed by atoms with Gasteiger partial charge in [-0.25, -0.2) is 0 Å². The van der Waals surface area contributed by atoms with Gasteiger partial charge in [-0.05, 0) is 53.5 Å². The minimum Gasteiger partial charge on any atom is -0.495 e. The Morgan fingerprint density at radius 3 is 1.67 bits per heavy atom. The van der Waals surface area contributed by atoms with Crippen LogP contribution in [0.3, 0.4) is 0 Å². The average molecular weight is 248 g/mol. The van der Waals surface area contributed by atoms with E-state index in [1.54, 1.807) is 0 Å². The Labute approximate surface area is 95.5 Å². The van der Waals surface area contributed by atoms with Gasteiger partial charge in [0.1, 0.15) is 0 Å². The molecule has 0 unspecified atom stereocenters. The van der Waals surface area contributed by atoms with Gasteiger partial charge < -0.3 is 8.54 Å². The largest absolute Gasteiger partial charge is 0.495 e. The molecule has 15 heavy (non-hydrogen) atoms. The van der Waals surface area contributed by atoms with Crippen LogP contribution in [0.1, 0.15) is 20.8 Å². The maximum Gasteiger partial charge on any atom is 0.385 e. The first-order valence-corrected chi connectivity index (χ1v) is 11.5. The molecular formula is C10H24O3Si2. The SMILES string of the molecule is CC(C)(C)C(=O)O[Si](C)(C)O[Si](C)(C)C. The molecule has 0 fully saturated rings. The van der Waals surface area contributed by atoms with Crippen LogP contribution in [0.5, 0.6) is 0 Å². The van der Waals surface area contributed by atoms with E-state index in [0.717, 1.165) is 0 Å². The first kappa shape index (κ1) is 14.9. The summed E-state index contributed by atoms with van der Waals surface area (Å²) in [5.41, 5.74) is -0.451. The number of hydrogen-bond donors (Lipinski definition) is 0. The van der Waals surface area contributed by atoms with Gasteiger partial charge in [0.25, 0.3) is 5.97 Å². The molecule has 0 aromatic rings. The van der Waals surface area contributed by atoms with Crippen molar-refractivity contribution in [3.63, 3.8) is 0 Å². The second-order valence-electron chi connectivity index (χ2n) is 6.25. The zero-order chi connectivity index (χ0) is 12.5. The predicted octanol–water partition coefficient (Wildman–Crippen LogP) is 3.13. The Kier molecular flexibility index (Phi) is 4.35. The first-order chi connectivity index (χ1) is 6.33. The molecule has 0 N–H and O–H groups in total. The van der Waals surface area contributed by atoms with E-state index in [1.807, 2.05) is 33.9 Å². The van der Waals surface area contributed by atoms with Crippen LogP contribution in [0.2, 0.25) is 32.7 Å². The van der Waals surface area contributed by atoms with Gasteiger partial charge in [0.15, 0.2) is 8.32 Å². The summed E-state index contributed by atoms with van der Waals surface area (Å²) in [6.45, 7) is 15.7. The van der Waals surface area contributed by atoms with Crippen LogP contribution in [0, 0.1) is 5.41 Å². The minimum atomic E-state index is -2.30. The summed E-state index contributed by atoms with van der Waals surface area (Å²) in [5, 5.41) is 0. The lowest BCUT2D eigenvalue weighted by Crippen LogP contribution is -2.47. The second kappa shape index (κ2) is 4.39. The Morgan fingerprint density at radius 1 is 1.00 bits per heavy atom. The Morgan fingerprint density at radius 2 is 1.40 bits per heavy atom. The summed E-state index contributed by atoms with van der Waals surface area (Å²) in [4.78, 5) is 11.7. The van der Waals surface area contributed by atoms with Crippen molar-refractivity contribution in [2.45, 2.75) is 53.5 Å². The normalized spacial score (nSPS) is 13.9.